The van der Waals surface area contributed by atoms with Crippen LogP contribution in [0, 0.1) is 22.0 Å². The molecule has 0 bridgehead atoms. The number of thiazole rings is 1. The van der Waals surface area contributed by atoms with Crippen molar-refractivity contribution in [3.05, 3.63) is 28.3 Å². The van der Waals surface area contributed by atoms with Crippen molar-refractivity contribution in [2.24, 2.45) is 11.8 Å². The maximum absolute atomic E-state index is 10.8. The minimum atomic E-state index is -0.358. The molecule has 0 spiro atoms. The lowest BCUT2D eigenvalue weighted by atomic mass is 10.1. The van der Waals surface area contributed by atoms with E-state index < -0.39 is 0 Å². The number of anilines is 1. The number of nitro benzene ring substituents is 1. The Morgan fingerprint density at radius 3 is 2.60 bits per heavy atom. The van der Waals surface area contributed by atoms with Crippen molar-refractivity contribution in [3.8, 4) is 0 Å². The van der Waals surface area contributed by atoms with Gasteiger partial charge in [-0.25, -0.2) is 4.98 Å². The van der Waals surface area contributed by atoms with Crippen LogP contribution < -0.4 is 5.32 Å². The van der Waals surface area contributed by atoms with Gasteiger partial charge in [-0.2, -0.15) is 0 Å². The Bertz CT molecular complexity index is 664. The smallest absolute Gasteiger partial charge is 0.270 e. The Labute approximate surface area is 120 Å². The standard InChI is InChI=1S/C14H15N3O2S/c18-17(19)10-5-6-11-12(7-10)20-14(15-11)16-13(8-1-2-8)9-3-4-9/h5-9,13H,1-4H2,(H,15,16). The third-order valence-electron chi connectivity index (χ3n) is 4.13. The van der Waals surface area contributed by atoms with E-state index in [-0.39, 0.29) is 10.6 Å². The fourth-order valence-corrected chi connectivity index (χ4v) is 3.71. The Morgan fingerprint density at radius 1 is 1.30 bits per heavy atom. The fraction of sp³-hybridized carbons (Fsp3) is 0.500. The third kappa shape index (κ3) is 2.24. The number of non-ortho nitro benzene ring substituents is 1. The highest BCUT2D eigenvalue weighted by molar-refractivity contribution is 7.22. The molecule has 2 aliphatic rings. The summed E-state index contributed by atoms with van der Waals surface area (Å²) in [6, 6.07) is 5.43. The summed E-state index contributed by atoms with van der Waals surface area (Å²) in [6.07, 6.45) is 5.30. The van der Waals surface area contributed by atoms with Gasteiger partial charge >= 0.3 is 0 Å². The lowest BCUT2D eigenvalue weighted by Crippen LogP contribution is -2.23. The zero-order chi connectivity index (χ0) is 13.7. The van der Waals surface area contributed by atoms with Gasteiger partial charge in [0.15, 0.2) is 5.13 Å². The second kappa shape index (κ2) is 4.41. The van der Waals surface area contributed by atoms with Crippen molar-refractivity contribution < 1.29 is 4.92 Å². The minimum Gasteiger partial charge on any atom is -0.358 e. The molecule has 0 atom stereocenters. The molecule has 104 valence electrons. The van der Waals surface area contributed by atoms with Crippen LogP contribution >= 0.6 is 11.3 Å². The van der Waals surface area contributed by atoms with E-state index in [2.05, 4.69) is 10.3 Å². The van der Waals surface area contributed by atoms with Crippen LogP contribution in [0.2, 0.25) is 0 Å². The zero-order valence-corrected chi connectivity index (χ0v) is 11.7. The fourth-order valence-electron chi connectivity index (χ4n) is 2.76. The van der Waals surface area contributed by atoms with Crippen molar-refractivity contribution in [3.63, 3.8) is 0 Å². The van der Waals surface area contributed by atoms with E-state index in [9.17, 15) is 10.1 Å². The van der Waals surface area contributed by atoms with Crippen LogP contribution in [0.1, 0.15) is 25.7 Å². The number of benzene rings is 1. The van der Waals surface area contributed by atoms with Gasteiger partial charge in [0.2, 0.25) is 0 Å². The number of hydrogen-bond acceptors (Lipinski definition) is 5. The summed E-state index contributed by atoms with van der Waals surface area (Å²) < 4.78 is 0.882. The molecule has 6 heteroatoms. The molecule has 2 fully saturated rings. The van der Waals surface area contributed by atoms with E-state index >= 15 is 0 Å². The quantitative estimate of drug-likeness (QED) is 0.671. The second-order valence-corrected chi connectivity index (χ2v) is 6.80. The molecule has 1 N–H and O–H groups in total. The molecule has 5 nitrogen and oxygen atoms in total. The van der Waals surface area contributed by atoms with E-state index in [0.29, 0.717) is 6.04 Å². The van der Waals surface area contributed by atoms with Gasteiger partial charge in [-0.05, 0) is 43.6 Å². The van der Waals surface area contributed by atoms with E-state index in [1.54, 1.807) is 12.1 Å². The topological polar surface area (TPSA) is 68.1 Å². The first kappa shape index (κ1) is 12.1. The van der Waals surface area contributed by atoms with Crippen molar-refractivity contribution in [1.82, 2.24) is 4.98 Å². The molecular formula is C14H15N3O2S. The number of nitrogens with zero attached hydrogens (tertiary/aromatic N) is 2. The molecule has 2 aliphatic carbocycles. The van der Waals surface area contributed by atoms with E-state index in [1.807, 2.05) is 0 Å². The molecule has 0 unspecified atom stereocenters. The first-order valence-electron chi connectivity index (χ1n) is 7.02. The van der Waals surface area contributed by atoms with Crippen molar-refractivity contribution in [2.45, 2.75) is 31.7 Å². The van der Waals surface area contributed by atoms with Gasteiger partial charge in [0, 0.05) is 18.2 Å². The molecule has 2 saturated carbocycles. The number of rotatable bonds is 5. The Kier molecular flexibility index (Phi) is 2.66. The first-order chi connectivity index (χ1) is 9.70. The average molecular weight is 289 g/mol. The van der Waals surface area contributed by atoms with Gasteiger partial charge in [-0.3, -0.25) is 10.1 Å². The largest absolute Gasteiger partial charge is 0.358 e. The van der Waals surface area contributed by atoms with Gasteiger partial charge in [0.05, 0.1) is 15.1 Å². The van der Waals surface area contributed by atoms with E-state index in [0.717, 1.165) is 27.2 Å². The number of fused-ring (bicyclic) bond motifs is 1. The third-order valence-corrected chi connectivity index (χ3v) is 5.08. The molecular weight excluding hydrogens is 274 g/mol. The van der Waals surface area contributed by atoms with Crippen LogP contribution in [0.3, 0.4) is 0 Å². The van der Waals surface area contributed by atoms with Crippen LogP contribution in [0.4, 0.5) is 10.8 Å². The molecule has 1 aromatic carbocycles. The minimum absolute atomic E-state index is 0.133. The monoisotopic (exact) mass is 289 g/mol. The molecule has 1 heterocycles. The Balaban J connectivity index is 1.61. The highest BCUT2D eigenvalue weighted by Gasteiger charge is 2.41. The van der Waals surface area contributed by atoms with E-state index in [1.165, 1.54) is 43.1 Å². The zero-order valence-electron chi connectivity index (χ0n) is 10.9. The molecule has 4 rings (SSSR count). The van der Waals surface area contributed by atoms with Crippen LogP contribution in [0.15, 0.2) is 18.2 Å². The summed E-state index contributed by atoms with van der Waals surface area (Å²) in [5.74, 6) is 1.62. The van der Waals surface area contributed by atoms with Crippen LogP contribution in [-0.4, -0.2) is 15.9 Å². The van der Waals surface area contributed by atoms with Gasteiger partial charge in [-0.1, -0.05) is 11.3 Å². The van der Waals surface area contributed by atoms with Gasteiger partial charge < -0.3 is 5.32 Å². The predicted molar refractivity (Wildman–Crippen MR) is 79.1 cm³/mol. The number of hydrogen-bond donors (Lipinski definition) is 1. The van der Waals surface area contributed by atoms with Crippen LogP contribution in [0.5, 0.6) is 0 Å². The summed E-state index contributed by atoms with van der Waals surface area (Å²) in [5, 5.41) is 15.3. The highest BCUT2D eigenvalue weighted by atomic mass is 32.1. The summed E-state index contributed by atoms with van der Waals surface area (Å²) in [6.45, 7) is 0. The maximum Gasteiger partial charge on any atom is 0.270 e. The summed E-state index contributed by atoms with van der Waals surface area (Å²) in [5.41, 5.74) is 0.974. The van der Waals surface area contributed by atoms with Crippen molar-refractivity contribution in [2.75, 3.05) is 5.32 Å². The average Bonchev–Trinajstić information content (AvgIpc) is 3.32. The molecule has 0 radical (unpaired) electrons. The Morgan fingerprint density at radius 2 is 2.00 bits per heavy atom. The molecule has 20 heavy (non-hydrogen) atoms. The van der Waals surface area contributed by atoms with Gasteiger partial charge in [0.1, 0.15) is 0 Å². The van der Waals surface area contributed by atoms with Gasteiger partial charge in [0.25, 0.3) is 5.69 Å². The second-order valence-electron chi connectivity index (χ2n) is 5.77. The Hall–Kier alpha value is -1.69. The lowest BCUT2D eigenvalue weighted by molar-refractivity contribution is -0.384. The SMILES string of the molecule is O=[N+]([O-])c1ccc2nc(NC(C3CC3)C3CC3)sc2c1. The first-order valence-corrected chi connectivity index (χ1v) is 7.84. The van der Waals surface area contributed by atoms with E-state index in [4.69, 9.17) is 0 Å². The van der Waals surface area contributed by atoms with Crippen molar-refractivity contribution >= 4 is 32.4 Å². The number of aromatic nitrogens is 1. The molecule has 2 aromatic rings. The maximum atomic E-state index is 10.8. The van der Waals surface area contributed by atoms with Crippen molar-refractivity contribution in [1.29, 1.82) is 0 Å². The lowest BCUT2D eigenvalue weighted by Gasteiger charge is -2.16. The predicted octanol–water partition coefficient (Wildman–Crippen LogP) is 3.81. The molecule has 1 aromatic heterocycles. The summed E-state index contributed by atoms with van der Waals surface area (Å²) in [4.78, 5) is 15.0. The molecule has 0 amide bonds. The van der Waals surface area contributed by atoms with Crippen LogP contribution in [-0.2, 0) is 0 Å². The van der Waals surface area contributed by atoms with Crippen LogP contribution in [0.25, 0.3) is 10.2 Å². The molecule has 0 saturated heterocycles. The number of nitro groups is 1. The summed E-state index contributed by atoms with van der Waals surface area (Å²) in [7, 11) is 0. The normalized spacial score (nSPS) is 18.6. The summed E-state index contributed by atoms with van der Waals surface area (Å²) >= 11 is 1.52. The number of nitrogens with one attached hydrogen (secondary N) is 1. The molecule has 0 aliphatic heterocycles. The highest BCUT2D eigenvalue weighted by Crippen LogP contribution is 2.46. The van der Waals surface area contributed by atoms with Gasteiger partial charge in [-0.15, -0.1) is 0 Å².